The predicted octanol–water partition coefficient (Wildman–Crippen LogP) is 6.27. The molecule has 5 heteroatoms. The molecule has 2 heterocycles. The van der Waals surface area contributed by atoms with E-state index in [4.69, 9.17) is 11.6 Å². The standard InChI is InChI=1S/C25H20ClN3O/c26-20-12-14-21(15-13-20)27-25(30)29-17-19-9-4-5-10-22(19)28-16-6-11-23(28)24(29)18-7-2-1-3-8-18/h1-16,24H,17H2,(H,27,30). The average molecular weight is 414 g/mol. The lowest BCUT2D eigenvalue weighted by atomic mass is 10.0. The molecule has 1 aromatic heterocycles. The van der Waals surface area contributed by atoms with Crippen molar-refractivity contribution in [3.05, 3.63) is 119 Å². The van der Waals surface area contributed by atoms with Gasteiger partial charge in [0.05, 0.1) is 18.3 Å². The Balaban J connectivity index is 1.62. The number of benzene rings is 3. The molecule has 0 bridgehead atoms. The van der Waals surface area contributed by atoms with E-state index in [1.165, 1.54) is 0 Å². The number of hydrogen-bond acceptors (Lipinski definition) is 1. The van der Waals surface area contributed by atoms with Gasteiger partial charge in [-0.25, -0.2) is 4.79 Å². The highest BCUT2D eigenvalue weighted by atomic mass is 35.5. The normalized spacial score (nSPS) is 15.1. The fraction of sp³-hybridized carbons (Fsp3) is 0.0800. The number of urea groups is 1. The van der Waals surface area contributed by atoms with Crippen LogP contribution in [0.1, 0.15) is 22.9 Å². The largest absolute Gasteiger partial charge is 0.322 e. The molecular weight excluding hydrogens is 394 g/mol. The lowest BCUT2D eigenvalue weighted by Gasteiger charge is -2.31. The van der Waals surface area contributed by atoms with Gasteiger partial charge in [-0.05, 0) is 53.6 Å². The van der Waals surface area contributed by atoms with Gasteiger partial charge in [0.15, 0.2) is 0 Å². The zero-order chi connectivity index (χ0) is 20.5. The van der Waals surface area contributed by atoms with Gasteiger partial charge < -0.3 is 14.8 Å². The van der Waals surface area contributed by atoms with Crippen molar-refractivity contribution in [3.63, 3.8) is 0 Å². The summed E-state index contributed by atoms with van der Waals surface area (Å²) in [7, 11) is 0. The second-order valence-electron chi connectivity index (χ2n) is 7.31. The molecule has 1 aliphatic rings. The summed E-state index contributed by atoms with van der Waals surface area (Å²) in [5.41, 5.74) is 5.03. The molecule has 0 saturated heterocycles. The molecule has 2 amide bonds. The number of fused-ring (bicyclic) bond motifs is 3. The monoisotopic (exact) mass is 413 g/mol. The summed E-state index contributed by atoms with van der Waals surface area (Å²) in [6, 6.07) is 29.3. The number of nitrogens with one attached hydrogen (secondary N) is 1. The van der Waals surface area contributed by atoms with Crippen LogP contribution in [0.2, 0.25) is 5.02 Å². The molecule has 3 aromatic carbocycles. The molecule has 0 fully saturated rings. The summed E-state index contributed by atoms with van der Waals surface area (Å²) in [6.45, 7) is 0.497. The van der Waals surface area contributed by atoms with Gasteiger partial charge in [-0.2, -0.15) is 0 Å². The number of carbonyl (C=O) groups excluding carboxylic acids is 1. The first-order valence-electron chi connectivity index (χ1n) is 9.84. The van der Waals surface area contributed by atoms with E-state index in [-0.39, 0.29) is 12.1 Å². The molecule has 4 nitrogen and oxygen atoms in total. The van der Waals surface area contributed by atoms with Crippen LogP contribution in [0.4, 0.5) is 10.5 Å². The zero-order valence-corrected chi connectivity index (χ0v) is 17.0. The molecule has 0 saturated carbocycles. The Morgan fingerprint density at radius 2 is 1.60 bits per heavy atom. The Hall–Kier alpha value is -3.50. The van der Waals surface area contributed by atoms with E-state index < -0.39 is 0 Å². The molecule has 1 atom stereocenters. The quantitative estimate of drug-likeness (QED) is 0.413. The van der Waals surface area contributed by atoms with E-state index in [1.807, 2.05) is 53.4 Å². The average Bonchev–Trinajstić information content (AvgIpc) is 3.20. The first-order chi connectivity index (χ1) is 14.7. The summed E-state index contributed by atoms with van der Waals surface area (Å²) < 4.78 is 2.18. The topological polar surface area (TPSA) is 37.3 Å². The van der Waals surface area contributed by atoms with Crippen molar-refractivity contribution in [1.29, 1.82) is 0 Å². The van der Waals surface area contributed by atoms with Gasteiger partial charge in [0, 0.05) is 22.6 Å². The van der Waals surface area contributed by atoms with Crippen LogP contribution in [0.3, 0.4) is 0 Å². The van der Waals surface area contributed by atoms with E-state index in [9.17, 15) is 4.79 Å². The molecule has 148 valence electrons. The minimum atomic E-state index is -0.221. The summed E-state index contributed by atoms with van der Waals surface area (Å²) in [5, 5.41) is 3.68. The Kier molecular flexibility index (Phi) is 4.77. The predicted molar refractivity (Wildman–Crippen MR) is 120 cm³/mol. The number of halogens is 1. The maximum Gasteiger partial charge on any atom is 0.322 e. The second-order valence-corrected chi connectivity index (χ2v) is 7.75. The molecule has 1 aliphatic heterocycles. The Bertz CT molecular complexity index is 1180. The van der Waals surface area contributed by atoms with Crippen LogP contribution >= 0.6 is 11.6 Å². The van der Waals surface area contributed by atoms with Gasteiger partial charge >= 0.3 is 6.03 Å². The third-order valence-electron chi connectivity index (χ3n) is 5.44. The van der Waals surface area contributed by atoms with Gasteiger partial charge in [-0.3, -0.25) is 0 Å². The molecule has 0 radical (unpaired) electrons. The molecule has 0 aliphatic carbocycles. The minimum absolute atomic E-state index is 0.157. The number of aromatic nitrogens is 1. The Labute approximate surface area is 180 Å². The van der Waals surface area contributed by atoms with Crippen molar-refractivity contribution >= 4 is 23.3 Å². The number of carbonyl (C=O) groups is 1. The van der Waals surface area contributed by atoms with Crippen LogP contribution in [0.25, 0.3) is 5.69 Å². The van der Waals surface area contributed by atoms with Gasteiger partial charge in [-0.1, -0.05) is 60.1 Å². The van der Waals surface area contributed by atoms with E-state index in [0.717, 1.165) is 22.5 Å². The van der Waals surface area contributed by atoms with Crippen LogP contribution < -0.4 is 5.32 Å². The highest BCUT2D eigenvalue weighted by Crippen LogP contribution is 2.36. The molecule has 5 rings (SSSR count). The maximum atomic E-state index is 13.5. The van der Waals surface area contributed by atoms with Crippen LogP contribution in [0.5, 0.6) is 0 Å². The smallest absolute Gasteiger partial charge is 0.318 e. The van der Waals surface area contributed by atoms with Crippen molar-refractivity contribution in [1.82, 2.24) is 9.47 Å². The maximum absolute atomic E-state index is 13.5. The number of amides is 2. The number of nitrogens with zero attached hydrogens (tertiary/aromatic N) is 2. The van der Waals surface area contributed by atoms with Crippen LogP contribution in [0, 0.1) is 0 Å². The summed E-state index contributed by atoms with van der Waals surface area (Å²) >= 11 is 6.00. The number of hydrogen-bond donors (Lipinski definition) is 1. The number of rotatable bonds is 2. The van der Waals surface area contributed by atoms with Gasteiger partial charge in [0.1, 0.15) is 0 Å². The summed E-state index contributed by atoms with van der Waals surface area (Å²) in [5.74, 6) is 0. The van der Waals surface area contributed by atoms with Crippen molar-refractivity contribution in [3.8, 4) is 5.69 Å². The summed E-state index contributed by atoms with van der Waals surface area (Å²) in [4.78, 5) is 15.4. The van der Waals surface area contributed by atoms with Gasteiger partial charge in [-0.15, -0.1) is 0 Å². The molecule has 4 aromatic rings. The highest BCUT2D eigenvalue weighted by molar-refractivity contribution is 6.30. The Morgan fingerprint density at radius 1 is 0.867 bits per heavy atom. The fourth-order valence-corrected chi connectivity index (χ4v) is 4.18. The first kappa shape index (κ1) is 18.5. The number of anilines is 1. The first-order valence-corrected chi connectivity index (χ1v) is 10.2. The van der Waals surface area contributed by atoms with Gasteiger partial charge in [0.2, 0.25) is 0 Å². The van der Waals surface area contributed by atoms with Crippen LogP contribution in [0.15, 0.2) is 97.2 Å². The fourth-order valence-electron chi connectivity index (χ4n) is 4.05. The molecule has 1 N–H and O–H groups in total. The van der Waals surface area contributed by atoms with E-state index in [1.54, 1.807) is 12.1 Å². The van der Waals surface area contributed by atoms with E-state index in [0.29, 0.717) is 17.3 Å². The van der Waals surface area contributed by atoms with Gasteiger partial charge in [0.25, 0.3) is 0 Å². The van der Waals surface area contributed by atoms with E-state index >= 15 is 0 Å². The third-order valence-corrected chi connectivity index (χ3v) is 5.69. The van der Waals surface area contributed by atoms with Crippen molar-refractivity contribution in [2.24, 2.45) is 0 Å². The summed E-state index contributed by atoms with van der Waals surface area (Å²) in [6.07, 6.45) is 2.06. The van der Waals surface area contributed by atoms with Crippen LogP contribution in [-0.2, 0) is 6.54 Å². The van der Waals surface area contributed by atoms with Crippen molar-refractivity contribution < 1.29 is 4.79 Å². The molecular formula is C25H20ClN3O. The second kappa shape index (κ2) is 7.73. The van der Waals surface area contributed by atoms with E-state index in [2.05, 4.69) is 46.4 Å². The zero-order valence-electron chi connectivity index (χ0n) is 16.2. The highest BCUT2D eigenvalue weighted by Gasteiger charge is 2.32. The molecule has 30 heavy (non-hydrogen) atoms. The Morgan fingerprint density at radius 3 is 2.40 bits per heavy atom. The lowest BCUT2D eigenvalue weighted by Crippen LogP contribution is -2.37. The molecule has 0 spiro atoms. The lowest BCUT2D eigenvalue weighted by molar-refractivity contribution is 0.194. The van der Waals surface area contributed by atoms with Crippen molar-refractivity contribution in [2.75, 3.05) is 5.32 Å². The SMILES string of the molecule is O=C(Nc1ccc(Cl)cc1)N1Cc2ccccc2-n2cccc2C1c1ccccc1. The number of para-hydroxylation sites is 1. The minimum Gasteiger partial charge on any atom is -0.318 e. The van der Waals surface area contributed by atoms with Crippen molar-refractivity contribution in [2.45, 2.75) is 12.6 Å². The van der Waals surface area contributed by atoms with Crippen LogP contribution in [-0.4, -0.2) is 15.5 Å². The third kappa shape index (κ3) is 3.36. The molecule has 1 unspecified atom stereocenters.